The Labute approximate surface area is 157 Å². The molecule has 6 nitrogen and oxygen atoms in total. The van der Waals surface area contributed by atoms with Crippen LogP contribution in [0.4, 0.5) is 5.69 Å². The molecule has 0 radical (unpaired) electrons. The summed E-state index contributed by atoms with van der Waals surface area (Å²) < 4.78 is 13.2. The van der Waals surface area contributed by atoms with Gasteiger partial charge in [0, 0.05) is 24.6 Å². The first-order chi connectivity index (χ1) is 13.3. The van der Waals surface area contributed by atoms with Gasteiger partial charge in [-0.2, -0.15) is 0 Å². The second-order valence-corrected chi connectivity index (χ2v) is 6.41. The van der Waals surface area contributed by atoms with Crippen LogP contribution in [0.3, 0.4) is 0 Å². The third-order valence-corrected chi connectivity index (χ3v) is 4.51. The monoisotopic (exact) mass is 363 g/mol. The van der Waals surface area contributed by atoms with Crippen molar-refractivity contribution >= 4 is 11.6 Å². The average molecular weight is 363 g/mol. The first-order valence-corrected chi connectivity index (χ1v) is 9.03. The van der Waals surface area contributed by atoms with Crippen molar-refractivity contribution < 1.29 is 14.3 Å². The van der Waals surface area contributed by atoms with Crippen molar-refractivity contribution in [1.29, 1.82) is 0 Å². The van der Waals surface area contributed by atoms with Crippen LogP contribution in [-0.4, -0.2) is 34.8 Å². The molecule has 0 bridgehead atoms. The van der Waals surface area contributed by atoms with Crippen molar-refractivity contribution in [2.75, 3.05) is 18.5 Å². The fourth-order valence-electron chi connectivity index (χ4n) is 3.07. The van der Waals surface area contributed by atoms with Gasteiger partial charge in [0.2, 0.25) is 0 Å². The van der Waals surface area contributed by atoms with E-state index in [-0.39, 0.29) is 12.0 Å². The second-order valence-electron chi connectivity index (χ2n) is 6.41. The Hall–Kier alpha value is -3.12. The molecule has 1 aromatic heterocycles. The first-order valence-electron chi connectivity index (χ1n) is 9.03. The number of amides is 1. The number of carbonyl (C=O) groups excluding carboxylic acids is 1. The third-order valence-electron chi connectivity index (χ3n) is 4.51. The predicted octanol–water partition coefficient (Wildman–Crippen LogP) is 3.68. The maximum Gasteiger partial charge on any atom is 0.255 e. The van der Waals surface area contributed by atoms with E-state index in [1.165, 1.54) is 0 Å². The van der Waals surface area contributed by atoms with E-state index in [0.717, 1.165) is 36.6 Å². The minimum atomic E-state index is -0.173. The van der Waals surface area contributed by atoms with Gasteiger partial charge in [-0.25, -0.2) is 4.98 Å². The van der Waals surface area contributed by atoms with E-state index < -0.39 is 0 Å². The molecule has 1 atom stereocenters. The SMILES string of the molecule is O=C(Nc1ccccc1-n1ccnc1)c1ccc(OCC2CCCO2)cc1. The van der Waals surface area contributed by atoms with E-state index in [4.69, 9.17) is 9.47 Å². The van der Waals surface area contributed by atoms with Crippen LogP contribution in [-0.2, 0) is 4.74 Å². The molecule has 1 saturated heterocycles. The molecule has 138 valence electrons. The summed E-state index contributed by atoms with van der Waals surface area (Å²) >= 11 is 0. The molecule has 1 amide bonds. The second kappa shape index (κ2) is 8.05. The Morgan fingerprint density at radius 1 is 1.22 bits per heavy atom. The Kier molecular flexibility index (Phi) is 5.16. The van der Waals surface area contributed by atoms with Crippen LogP contribution >= 0.6 is 0 Å². The van der Waals surface area contributed by atoms with E-state index in [2.05, 4.69) is 10.3 Å². The van der Waals surface area contributed by atoms with E-state index in [0.29, 0.717) is 12.2 Å². The van der Waals surface area contributed by atoms with Gasteiger partial charge in [0.1, 0.15) is 12.4 Å². The van der Waals surface area contributed by atoms with Crippen molar-refractivity contribution in [3.63, 3.8) is 0 Å². The lowest BCUT2D eigenvalue weighted by molar-refractivity contribution is 0.0679. The quantitative estimate of drug-likeness (QED) is 0.725. The molecule has 3 aromatic rings. The summed E-state index contributed by atoms with van der Waals surface area (Å²) in [6.45, 7) is 1.36. The van der Waals surface area contributed by atoms with Crippen LogP contribution in [0.25, 0.3) is 5.69 Å². The van der Waals surface area contributed by atoms with E-state index in [1.54, 1.807) is 24.7 Å². The summed E-state index contributed by atoms with van der Waals surface area (Å²) in [7, 11) is 0. The molecular formula is C21H21N3O3. The van der Waals surface area contributed by atoms with E-state index >= 15 is 0 Å². The van der Waals surface area contributed by atoms with Crippen LogP contribution in [0.1, 0.15) is 23.2 Å². The van der Waals surface area contributed by atoms with Crippen molar-refractivity contribution in [3.8, 4) is 11.4 Å². The molecule has 27 heavy (non-hydrogen) atoms. The van der Waals surface area contributed by atoms with E-state index in [1.807, 2.05) is 47.2 Å². The number of benzene rings is 2. The largest absolute Gasteiger partial charge is 0.491 e. The predicted molar refractivity (Wildman–Crippen MR) is 102 cm³/mol. The van der Waals surface area contributed by atoms with Gasteiger partial charge in [-0.15, -0.1) is 0 Å². The number of anilines is 1. The molecule has 6 heteroatoms. The molecule has 1 fully saturated rings. The van der Waals surface area contributed by atoms with Crippen LogP contribution in [0.5, 0.6) is 5.75 Å². The molecule has 4 rings (SSSR count). The van der Waals surface area contributed by atoms with Gasteiger partial charge in [0.05, 0.1) is 23.8 Å². The highest BCUT2D eigenvalue weighted by atomic mass is 16.5. The van der Waals surface area contributed by atoms with Gasteiger partial charge in [-0.1, -0.05) is 12.1 Å². The Morgan fingerprint density at radius 3 is 2.81 bits per heavy atom. The lowest BCUT2D eigenvalue weighted by Gasteiger charge is -2.13. The molecule has 1 unspecified atom stereocenters. The van der Waals surface area contributed by atoms with Gasteiger partial charge in [0.25, 0.3) is 5.91 Å². The Balaban J connectivity index is 1.41. The maximum absolute atomic E-state index is 12.6. The first kappa shape index (κ1) is 17.3. The van der Waals surface area contributed by atoms with Gasteiger partial charge in [-0.05, 0) is 49.2 Å². The molecule has 1 aliphatic heterocycles. The number of aromatic nitrogens is 2. The zero-order valence-corrected chi connectivity index (χ0v) is 14.9. The number of para-hydroxylation sites is 2. The highest BCUT2D eigenvalue weighted by Gasteiger charge is 2.16. The minimum Gasteiger partial charge on any atom is -0.491 e. The molecule has 0 aliphatic carbocycles. The number of nitrogens with zero attached hydrogens (tertiary/aromatic N) is 2. The highest BCUT2D eigenvalue weighted by molar-refractivity contribution is 6.05. The normalized spacial score (nSPS) is 16.2. The summed E-state index contributed by atoms with van der Waals surface area (Å²) in [6, 6.07) is 14.8. The smallest absolute Gasteiger partial charge is 0.255 e. The van der Waals surface area contributed by atoms with Gasteiger partial charge in [-0.3, -0.25) is 4.79 Å². The standard InChI is InChI=1S/C21H21N3O3/c25-21(23-19-5-1-2-6-20(19)24-12-11-22-15-24)16-7-9-17(10-8-16)27-14-18-4-3-13-26-18/h1-2,5-12,15,18H,3-4,13-14H2,(H,23,25). The summed E-state index contributed by atoms with van der Waals surface area (Å²) in [6.07, 6.45) is 7.54. The van der Waals surface area contributed by atoms with Gasteiger partial charge >= 0.3 is 0 Å². The molecule has 1 N–H and O–H groups in total. The maximum atomic E-state index is 12.6. The molecular weight excluding hydrogens is 342 g/mol. The van der Waals surface area contributed by atoms with Crippen molar-refractivity contribution in [3.05, 3.63) is 72.8 Å². The lowest BCUT2D eigenvalue weighted by atomic mass is 10.2. The summed E-state index contributed by atoms with van der Waals surface area (Å²) in [4.78, 5) is 16.7. The number of hydrogen-bond donors (Lipinski definition) is 1. The number of imidazole rings is 1. The number of hydrogen-bond acceptors (Lipinski definition) is 4. The van der Waals surface area contributed by atoms with Crippen molar-refractivity contribution in [2.24, 2.45) is 0 Å². The van der Waals surface area contributed by atoms with Crippen LogP contribution in [0.2, 0.25) is 0 Å². The van der Waals surface area contributed by atoms with Crippen LogP contribution < -0.4 is 10.1 Å². The topological polar surface area (TPSA) is 65.4 Å². The number of ether oxygens (including phenoxy) is 2. The molecule has 2 heterocycles. The molecule has 1 aliphatic rings. The Morgan fingerprint density at radius 2 is 2.07 bits per heavy atom. The fraction of sp³-hybridized carbons (Fsp3) is 0.238. The van der Waals surface area contributed by atoms with Gasteiger partial charge < -0.3 is 19.4 Å². The summed E-state index contributed by atoms with van der Waals surface area (Å²) in [5, 5.41) is 2.96. The lowest BCUT2D eigenvalue weighted by Crippen LogP contribution is -2.16. The molecule has 2 aromatic carbocycles. The van der Waals surface area contributed by atoms with Gasteiger partial charge in [0.15, 0.2) is 0 Å². The number of carbonyl (C=O) groups is 1. The molecule has 0 saturated carbocycles. The average Bonchev–Trinajstić information content (AvgIpc) is 3.41. The third kappa shape index (κ3) is 4.17. The Bertz CT molecular complexity index is 885. The van der Waals surface area contributed by atoms with Crippen LogP contribution in [0.15, 0.2) is 67.3 Å². The number of rotatable bonds is 6. The van der Waals surface area contributed by atoms with Crippen LogP contribution in [0, 0.1) is 0 Å². The van der Waals surface area contributed by atoms with Crippen molar-refractivity contribution in [1.82, 2.24) is 9.55 Å². The minimum absolute atomic E-state index is 0.173. The zero-order valence-electron chi connectivity index (χ0n) is 14.9. The fourth-order valence-corrected chi connectivity index (χ4v) is 3.07. The van der Waals surface area contributed by atoms with Crippen molar-refractivity contribution in [2.45, 2.75) is 18.9 Å². The van der Waals surface area contributed by atoms with E-state index in [9.17, 15) is 4.79 Å². The summed E-state index contributed by atoms with van der Waals surface area (Å²) in [5.41, 5.74) is 2.15. The number of nitrogens with one attached hydrogen (secondary N) is 1. The molecule has 0 spiro atoms. The zero-order chi connectivity index (χ0) is 18.5. The summed E-state index contributed by atoms with van der Waals surface area (Å²) in [5.74, 6) is 0.564. The highest BCUT2D eigenvalue weighted by Crippen LogP contribution is 2.21.